The molecule has 0 unspecified atom stereocenters. The van der Waals surface area contributed by atoms with Gasteiger partial charge in [-0.3, -0.25) is 0 Å². The number of halogens is 1. The first-order valence-corrected chi connectivity index (χ1v) is 9.88. The van der Waals surface area contributed by atoms with Crippen LogP contribution in [-0.2, 0) is 10.2 Å². The van der Waals surface area contributed by atoms with Gasteiger partial charge in [-0.15, -0.1) is 0 Å². The highest BCUT2D eigenvalue weighted by Crippen LogP contribution is 2.55. The van der Waals surface area contributed by atoms with Gasteiger partial charge in [0, 0.05) is 10.6 Å². The number of aliphatic hydroxyl groups is 1. The predicted molar refractivity (Wildman–Crippen MR) is 101 cm³/mol. The van der Waals surface area contributed by atoms with Gasteiger partial charge in [-0.1, -0.05) is 91.0 Å². The molecule has 3 rings (SSSR count). The smallest absolute Gasteiger partial charge is 0.193 e. The van der Waals surface area contributed by atoms with Crippen LogP contribution in [0.3, 0.4) is 0 Å². The van der Waals surface area contributed by atoms with Crippen molar-refractivity contribution in [2.24, 2.45) is 0 Å². The lowest BCUT2D eigenvalue weighted by Gasteiger charge is -2.34. The first kappa shape index (κ1) is 17.6. The van der Waals surface area contributed by atoms with Gasteiger partial charge in [-0.2, -0.15) is 0 Å². The van der Waals surface area contributed by atoms with Crippen molar-refractivity contribution in [3.63, 3.8) is 0 Å². The summed E-state index contributed by atoms with van der Waals surface area (Å²) in [6.45, 7) is 1.38. The maximum atomic E-state index is 15.8. The molecular formula is C21H20FO2P. The summed E-state index contributed by atoms with van der Waals surface area (Å²) < 4.78 is 29.8. The van der Waals surface area contributed by atoms with E-state index in [4.69, 9.17) is 0 Å². The monoisotopic (exact) mass is 354 g/mol. The van der Waals surface area contributed by atoms with Crippen LogP contribution in [0.5, 0.6) is 0 Å². The van der Waals surface area contributed by atoms with E-state index in [-0.39, 0.29) is 0 Å². The summed E-state index contributed by atoms with van der Waals surface area (Å²) in [5, 5.41) is 11.8. The largest absolute Gasteiger partial charge is 0.382 e. The van der Waals surface area contributed by atoms with E-state index in [9.17, 15) is 9.67 Å². The molecule has 0 heterocycles. The van der Waals surface area contributed by atoms with E-state index in [1.165, 1.54) is 6.92 Å². The zero-order valence-electron chi connectivity index (χ0n) is 13.9. The van der Waals surface area contributed by atoms with Gasteiger partial charge >= 0.3 is 0 Å². The third-order valence-corrected chi connectivity index (χ3v) is 7.69. The molecule has 0 aliphatic carbocycles. The van der Waals surface area contributed by atoms with Crippen molar-refractivity contribution in [3.8, 4) is 0 Å². The summed E-state index contributed by atoms with van der Waals surface area (Å²) >= 11 is 0. The minimum atomic E-state index is -3.72. The van der Waals surface area contributed by atoms with Gasteiger partial charge in [-0.05, 0) is 12.5 Å². The molecule has 0 amide bonds. The lowest BCUT2D eigenvalue weighted by Crippen LogP contribution is -2.38. The van der Waals surface area contributed by atoms with E-state index in [0.717, 1.165) is 0 Å². The van der Waals surface area contributed by atoms with Gasteiger partial charge in [0.25, 0.3) is 0 Å². The molecule has 0 fully saturated rings. The van der Waals surface area contributed by atoms with E-state index in [1.807, 2.05) is 0 Å². The summed E-state index contributed by atoms with van der Waals surface area (Å²) in [5.74, 6) is -1.98. The Morgan fingerprint density at radius 3 is 1.56 bits per heavy atom. The molecule has 1 N–H and O–H groups in total. The Labute approximate surface area is 147 Å². The zero-order chi connectivity index (χ0) is 17.9. The molecule has 0 aliphatic heterocycles. The third-order valence-electron chi connectivity index (χ3n) is 4.42. The van der Waals surface area contributed by atoms with Crippen molar-refractivity contribution in [3.05, 3.63) is 96.6 Å². The normalized spacial score (nSPS) is 15.3. The van der Waals surface area contributed by atoms with Crippen molar-refractivity contribution in [1.29, 1.82) is 0 Å². The van der Waals surface area contributed by atoms with Crippen LogP contribution in [0.4, 0.5) is 4.39 Å². The Morgan fingerprint density at radius 2 is 1.16 bits per heavy atom. The van der Waals surface area contributed by atoms with Crippen molar-refractivity contribution >= 4 is 17.8 Å². The minimum absolute atomic E-state index is 0.393. The van der Waals surface area contributed by atoms with Crippen LogP contribution in [0.2, 0.25) is 0 Å². The number of hydrogen-bond acceptors (Lipinski definition) is 2. The van der Waals surface area contributed by atoms with Crippen LogP contribution >= 0.6 is 7.14 Å². The van der Waals surface area contributed by atoms with E-state index in [0.29, 0.717) is 16.2 Å². The molecule has 0 radical (unpaired) electrons. The Kier molecular flexibility index (Phi) is 4.89. The maximum Gasteiger partial charge on any atom is 0.193 e. The van der Waals surface area contributed by atoms with Crippen molar-refractivity contribution in [1.82, 2.24) is 0 Å². The van der Waals surface area contributed by atoms with E-state index in [2.05, 4.69) is 0 Å². The molecule has 0 bridgehead atoms. The SMILES string of the molecule is C[C@@](O)(c1ccccc1)[C@H](F)P(=O)(c1ccccc1)c1ccccc1. The zero-order valence-corrected chi connectivity index (χ0v) is 14.8. The number of hydrogen-bond donors (Lipinski definition) is 1. The molecule has 3 aromatic carbocycles. The van der Waals surface area contributed by atoms with Gasteiger partial charge in [0.1, 0.15) is 5.60 Å². The van der Waals surface area contributed by atoms with E-state index in [1.54, 1.807) is 91.0 Å². The first-order valence-electron chi connectivity index (χ1n) is 8.10. The second-order valence-electron chi connectivity index (χ2n) is 6.18. The lowest BCUT2D eigenvalue weighted by atomic mass is 9.97. The average molecular weight is 354 g/mol. The first-order chi connectivity index (χ1) is 12.0. The molecule has 4 heteroatoms. The third kappa shape index (κ3) is 3.18. The second kappa shape index (κ2) is 6.95. The van der Waals surface area contributed by atoms with Gasteiger partial charge in [-0.25, -0.2) is 4.39 Å². The topological polar surface area (TPSA) is 37.3 Å². The van der Waals surface area contributed by atoms with Gasteiger partial charge in [0.05, 0.1) is 0 Å². The molecule has 25 heavy (non-hydrogen) atoms. The second-order valence-corrected chi connectivity index (χ2v) is 8.98. The highest BCUT2D eigenvalue weighted by Gasteiger charge is 2.48. The summed E-state index contributed by atoms with van der Waals surface area (Å²) in [6.07, 6.45) is 0. The quantitative estimate of drug-likeness (QED) is 0.697. The van der Waals surface area contributed by atoms with Crippen LogP contribution in [0.15, 0.2) is 91.0 Å². The molecule has 0 saturated heterocycles. The fraction of sp³-hybridized carbons (Fsp3) is 0.143. The fourth-order valence-corrected chi connectivity index (χ4v) is 5.89. The Morgan fingerprint density at radius 1 is 0.800 bits per heavy atom. The van der Waals surface area contributed by atoms with Crippen LogP contribution in [0, 0.1) is 0 Å². The molecule has 0 saturated carbocycles. The van der Waals surface area contributed by atoms with Crippen LogP contribution in [0.25, 0.3) is 0 Å². The summed E-state index contributed by atoms with van der Waals surface area (Å²) in [5.41, 5.74) is -1.49. The Bertz CT molecular complexity index is 821. The molecule has 2 nitrogen and oxygen atoms in total. The number of benzene rings is 3. The van der Waals surface area contributed by atoms with Crippen molar-refractivity contribution < 1.29 is 14.1 Å². The highest BCUT2D eigenvalue weighted by molar-refractivity contribution is 7.79. The minimum Gasteiger partial charge on any atom is -0.382 e. The number of rotatable bonds is 5. The predicted octanol–water partition coefficient (Wildman–Crippen LogP) is 4.20. The molecule has 0 aromatic heterocycles. The van der Waals surface area contributed by atoms with Gasteiger partial charge in [0.2, 0.25) is 0 Å². The molecule has 2 atom stereocenters. The molecule has 0 spiro atoms. The van der Waals surface area contributed by atoms with Crippen LogP contribution < -0.4 is 10.6 Å². The maximum absolute atomic E-state index is 15.8. The van der Waals surface area contributed by atoms with E-state index < -0.39 is 18.7 Å². The van der Waals surface area contributed by atoms with E-state index >= 15 is 4.39 Å². The molecule has 0 aliphatic rings. The highest BCUT2D eigenvalue weighted by atomic mass is 31.2. The average Bonchev–Trinajstić information content (AvgIpc) is 2.68. The van der Waals surface area contributed by atoms with Crippen LogP contribution in [-0.4, -0.2) is 11.0 Å². The summed E-state index contributed by atoms with van der Waals surface area (Å²) in [4.78, 5) is 0. The van der Waals surface area contributed by atoms with Crippen molar-refractivity contribution in [2.75, 3.05) is 0 Å². The summed E-state index contributed by atoms with van der Waals surface area (Å²) in [6, 6.07) is 25.7. The van der Waals surface area contributed by atoms with Gasteiger partial charge < -0.3 is 9.67 Å². The molecular weight excluding hydrogens is 334 g/mol. The van der Waals surface area contributed by atoms with Crippen molar-refractivity contribution in [2.45, 2.75) is 18.4 Å². The Hall–Kier alpha value is -2.22. The van der Waals surface area contributed by atoms with Gasteiger partial charge in [0.15, 0.2) is 13.1 Å². The lowest BCUT2D eigenvalue weighted by molar-refractivity contribution is 0.0103. The molecule has 128 valence electrons. The van der Waals surface area contributed by atoms with Crippen LogP contribution in [0.1, 0.15) is 12.5 Å². The summed E-state index contributed by atoms with van der Waals surface area (Å²) in [7, 11) is -3.72. The fourth-order valence-electron chi connectivity index (χ4n) is 2.98. The Balaban J connectivity index is 2.18. The molecule has 3 aromatic rings. The number of alkyl halides is 1. The standard InChI is InChI=1S/C21H20FO2P/c1-21(23,17-11-5-2-6-12-17)20(22)25(24,18-13-7-3-8-14-18)19-15-9-4-10-16-19/h2-16,20,23H,1H3/t20-,21-/m1/s1.